The highest BCUT2D eigenvalue weighted by molar-refractivity contribution is 7.44. The van der Waals surface area contributed by atoms with Crippen molar-refractivity contribution in [3.8, 4) is 17.6 Å². The van der Waals surface area contributed by atoms with E-state index in [9.17, 15) is 38.8 Å². The van der Waals surface area contributed by atoms with Crippen molar-refractivity contribution < 1.29 is 89.9 Å². The summed E-state index contributed by atoms with van der Waals surface area (Å²) < 4.78 is 86.3. The molecule has 3 aromatic carbocycles. The van der Waals surface area contributed by atoms with Gasteiger partial charge in [0, 0.05) is 65.3 Å². The second kappa shape index (κ2) is 38.6. The van der Waals surface area contributed by atoms with Gasteiger partial charge in [-0.05, 0) is 81.5 Å². The molecule has 8 rings (SSSR count). The Bertz CT molecular complexity index is 3800. The molecule has 0 bridgehead atoms. The highest BCUT2D eigenvalue weighted by Gasteiger charge is 2.54. The van der Waals surface area contributed by atoms with E-state index in [4.69, 9.17) is 66.1 Å². The molecule has 6 aromatic rings. The van der Waals surface area contributed by atoms with Gasteiger partial charge in [0.15, 0.2) is 35.9 Å². The number of nitrogens with one attached hydrogen (secondary N) is 4. The Morgan fingerprint density at radius 2 is 1.41 bits per heavy atom. The van der Waals surface area contributed by atoms with Crippen molar-refractivity contribution in [2.45, 2.75) is 181 Å². The molecule has 0 radical (unpaired) electrons. The van der Waals surface area contributed by atoms with Gasteiger partial charge in [0.2, 0.25) is 23.7 Å². The number of fused-ring (bicyclic) bond motifs is 1. The summed E-state index contributed by atoms with van der Waals surface area (Å²) in [6.45, 7) is 16.4. The fraction of sp³-hybridized carbons (Fsp3) is 0.543. The number of anilines is 1. The topological polar surface area (TPSA) is 380 Å². The van der Waals surface area contributed by atoms with Crippen LogP contribution >= 0.6 is 8.53 Å². The maximum atomic E-state index is 13.8. The van der Waals surface area contributed by atoms with E-state index in [1.165, 1.54) is 20.2 Å². The fourth-order valence-electron chi connectivity index (χ4n) is 11.8. The average molecular weight is 1450 g/mol. The molecule has 6 unspecified atom stereocenters. The standard InChI is InChI=1S/C70H93N12O20P/c1-42(2)65(88)76-69-75-64-59(66(89)77-69)73-41-81(64)67-63(95-38-52-37-80(79-78-52)32-36-92-35-31-72-57(87)21-16-17-33-93-68-58(74-45(7)83)62(99-48(10)86)60(98-47(9)85)55(101-68)39-94-46(8)84)61(102-103(97-34-18-30-71)82(43(3)4)44(5)6)56(100-67)40-96-70(49-19-14-13-15-20-49,50-22-26-53(90-11)27-23-50)51-24-28-54(91-12)29-25-51/h13-15,19-20,22-29,37,41-44,55-56,58,60-63,67-68H,16-18,21,31-36,38-40H2,1-12H3,(H,72,87)(H,74,83)(H2,75,76,77,88,89)/t55?,56-,58?,60?,61-,62?,63-,67-,68?,103?/m1/s1. The van der Waals surface area contributed by atoms with Gasteiger partial charge in [-0.25, -0.2) is 14.3 Å². The predicted octanol–water partition coefficient (Wildman–Crippen LogP) is 6.45. The van der Waals surface area contributed by atoms with Crippen LogP contribution in [0.25, 0.3) is 11.2 Å². The lowest BCUT2D eigenvalue weighted by Crippen LogP contribution is -2.66. The fourth-order valence-corrected chi connectivity index (χ4v) is 13.6. The zero-order valence-corrected chi connectivity index (χ0v) is 60.9. The van der Waals surface area contributed by atoms with Crippen LogP contribution in [-0.2, 0) is 99.2 Å². The summed E-state index contributed by atoms with van der Waals surface area (Å²) in [5, 5.41) is 26.8. The van der Waals surface area contributed by atoms with Gasteiger partial charge in [0.1, 0.15) is 59.9 Å². The summed E-state index contributed by atoms with van der Waals surface area (Å²) in [6, 6.07) is 25.7. The molecular weight excluding hydrogens is 1360 g/mol. The Morgan fingerprint density at radius 3 is 2.02 bits per heavy atom. The first-order chi connectivity index (χ1) is 49.4. The molecular formula is C70H93N12O20P. The number of carbonyl (C=O) groups is 6. The van der Waals surface area contributed by atoms with Crippen molar-refractivity contribution in [2.24, 2.45) is 5.92 Å². The third-order valence-electron chi connectivity index (χ3n) is 16.5. The molecule has 3 amide bonds. The van der Waals surface area contributed by atoms with Crippen molar-refractivity contribution in [3.05, 3.63) is 124 Å². The number of unbranched alkanes of at least 4 members (excludes halogenated alkanes) is 1. The number of amides is 3. The van der Waals surface area contributed by atoms with Crippen LogP contribution in [0.1, 0.15) is 124 Å². The summed E-state index contributed by atoms with van der Waals surface area (Å²) in [7, 11) is 1.17. The van der Waals surface area contributed by atoms with Crippen LogP contribution in [0.4, 0.5) is 5.95 Å². The van der Waals surface area contributed by atoms with E-state index >= 15 is 0 Å². The number of nitriles is 1. The van der Waals surface area contributed by atoms with Crippen LogP contribution in [0.15, 0.2) is 96.2 Å². The molecule has 2 aliphatic rings. The number of methoxy groups -OCH3 is 2. The number of hydrogen-bond donors (Lipinski definition) is 4. The van der Waals surface area contributed by atoms with Gasteiger partial charge < -0.3 is 71.8 Å². The molecule has 0 saturated carbocycles. The third-order valence-corrected chi connectivity index (χ3v) is 18.6. The summed E-state index contributed by atoms with van der Waals surface area (Å²) >= 11 is 0. The number of H-pyrrole nitrogens is 1. The summed E-state index contributed by atoms with van der Waals surface area (Å²) in [4.78, 5) is 100. The molecule has 0 spiro atoms. The lowest BCUT2D eigenvalue weighted by Gasteiger charge is -2.44. The normalized spacial score (nSPS) is 20.0. The molecule has 2 fully saturated rings. The number of hydrogen-bond acceptors (Lipinski definition) is 26. The first-order valence-electron chi connectivity index (χ1n) is 34.0. The van der Waals surface area contributed by atoms with E-state index in [1.54, 1.807) is 43.5 Å². The minimum absolute atomic E-state index is 0.0384. The van der Waals surface area contributed by atoms with E-state index in [1.807, 2.05) is 107 Å². The first-order valence-corrected chi connectivity index (χ1v) is 35.1. The van der Waals surface area contributed by atoms with E-state index in [0.717, 1.165) is 30.5 Å². The number of esters is 3. The maximum Gasteiger partial charge on any atom is 0.303 e. The summed E-state index contributed by atoms with van der Waals surface area (Å²) in [5.41, 5.74) is 0.696. The zero-order chi connectivity index (χ0) is 74.3. The highest BCUT2D eigenvalue weighted by atomic mass is 31.2. The van der Waals surface area contributed by atoms with Crippen LogP contribution in [-0.4, -0.2) is 196 Å². The Morgan fingerprint density at radius 1 is 0.757 bits per heavy atom. The Balaban J connectivity index is 0.996. The Kier molecular flexibility index (Phi) is 29.9. The minimum Gasteiger partial charge on any atom is -0.497 e. The number of aromatic nitrogens is 7. The number of ether oxygens (including phenoxy) is 11. The van der Waals surface area contributed by atoms with Crippen molar-refractivity contribution in [3.63, 3.8) is 0 Å². The lowest BCUT2D eigenvalue weighted by atomic mass is 9.80. The number of carbonyl (C=O) groups excluding carboxylic acids is 6. The maximum absolute atomic E-state index is 13.8. The molecule has 0 aliphatic carbocycles. The number of imidazole rings is 1. The van der Waals surface area contributed by atoms with E-state index in [2.05, 4.69) is 47.0 Å². The van der Waals surface area contributed by atoms with Crippen LogP contribution in [0.5, 0.6) is 11.5 Å². The van der Waals surface area contributed by atoms with Gasteiger partial charge in [0.05, 0.1) is 78.8 Å². The largest absolute Gasteiger partial charge is 0.497 e. The molecule has 3 aromatic heterocycles. The average Bonchev–Trinajstić information content (AvgIpc) is 1.73. The molecule has 4 N–H and O–H groups in total. The molecule has 33 heteroatoms. The Labute approximate surface area is 598 Å². The molecule has 558 valence electrons. The van der Waals surface area contributed by atoms with Crippen LogP contribution in [0.3, 0.4) is 0 Å². The molecule has 2 aliphatic heterocycles. The van der Waals surface area contributed by atoms with Gasteiger partial charge in [-0.15, -0.1) is 5.10 Å². The zero-order valence-electron chi connectivity index (χ0n) is 60.0. The molecule has 2 saturated heterocycles. The van der Waals surface area contributed by atoms with Crippen LogP contribution in [0, 0.1) is 17.2 Å². The highest BCUT2D eigenvalue weighted by Crippen LogP contribution is 2.52. The summed E-state index contributed by atoms with van der Waals surface area (Å²) in [6.07, 6.45) is -5.23. The number of aromatic amines is 1. The van der Waals surface area contributed by atoms with Gasteiger partial charge >= 0.3 is 17.9 Å². The van der Waals surface area contributed by atoms with Crippen molar-refractivity contribution in [1.82, 2.24) is 49.8 Å². The predicted molar refractivity (Wildman–Crippen MR) is 370 cm³/mol. The van der Waals surface area contributed by atoms with Crippen molar-refractivity contribution in [1.29, 1.82) is 5.26 Å². The molecule has 5 heterocycles. The number of rotatable bonds is 39. The van der Waals surface area contributed by atoms with Gasteiger partial charge in [0.25, 0.3) is 14.1 Å². The van der Waals surface area contributed by atoms with E-state index in [0.29, 0.717) is 30.0 Å². The van der Waals surface area contributed by atoms with Crippen LogP contribution < -0.4 is 31.0 Å². The van der Waals surface area contributed by atoms with Crippen molar-refractivity contribution in [2.75, 3.05) is 65.7 Å². The van der Waals surface area contributed by atoms with Crippen LogP contribution in [0.2, 0.25) is 0 Å². The van der Waals surface area contributed by atoms with Gasteiger partial charge in [-0.2, -0.15) is 10.2 Å². The SMILES string of the molecule is COc1ccc(C(OC[C@H]2O[C@@H](n3cnc4c(=O)[nH]c(NC(=O)C(C)C)nc43)[C@H](OCc3cn(CCOCCNC(=O)CCCCOC4OC(COC(C)=O)C(OC(C)=O)C(OC(C)=O)C4NC(C)=O)nn3)[C@@H]2OP(OCCC#N)N(C(C)C)C(C)C)(c2ccccc2)c2ccc(OC)cc2)cc1. The first kappa shape index (κ1) is 79.8. The van der Waals surface area contributed by atoms with E-state index < -0.39 is 111 Å². The Hall–Kier alpha value is -8.87. The smallest absolute Gasteiger partial charge is 0.303 e. The third kappa shape index (κ3) is 21.6. The van der Waals surface area contributed by atoms with Gasteiger partial charge in [-0.3, -0.25) is 48.4 Å². The number of benzene rings is 3. The second-order valence-corrected chi connectivity index (χ2v) is 26.5. The molecule has 10 atom stereocenters. The summed E-state index contributed by atoms with van der Waals surface area (Å²) in [5.74, 6) is -2.59. The van der Waals surface area contributed by atoms with E-state index in [-0.39, 0.29) is 107 Å². The van der Waals surface area contributed by atoms with Crippen molar-refractivity contribution >= 4 is 61.3 Å². The molecule has 32 nitrogen and oxygen atoms in total. The quantitative estimate of drug-likeness (QED) is 0.0106. The number of nitrogens with zero attached hydrogens (tertiary/aromatic N) is 8. The van der Waals surface area contributed by atoms with Gasteiger partial charge in [-0.1, -0.05) is 73.7 Å². The lowest BCUT2D eigenvalue weighted by molar-refractivity contribution is -0.277. The minimum atomic E-state index is -2.02. The molecule has 103 heavy (non-hydrogen) atoms. The monoisotopic (exact) mass is 1450 g/mol. The second-order valence-electron chi connectivity index (χ2n) is 25.1.